The number of nitrogens with zero attached hydrogens (tertiary/aromatic N) is 1. The van der Waals surface area contributed by atoms with E-state index in [2.05, 4.69) is 10.3 Å². The second-order valence-corrected chi connectivity index (χ2v) is 4.60. The first-order valence-corrected chi connectivity index (χ1v) is 5.99. The molecule has 16 heavy (non-hydrogen) atoms. The van der Waals surface area contributed by atoms with Crippen LogP contribution in [0.4, 0.5) is 4.39 Å². The number of halogens is 2. The molecule has 1 aromatic heterocycles. The Labute approximate surface area is 102 Å². The number of aromatic nitrogens is 1. The van der Waals surface area contributed by atoms with E-state index in [0.29, 0.717) is 0 Å². The van der Waals surface area contributed by atoms with Gasteiger partial charge in [0.15, 0.2) is 0 Å². The van der Waals surface area contributed by atoms with E-state index >= 15 is 0 Å². The van der Waals surface area contributed by atoms with Crippen LogP contribution < -0.4 is 5.32 Å². The summed E-state index contributed by atoms with van der Waals surface area (Å²) in [6.07, 6.45) is 1.73. The monoisotopic (exact) mass is 256 g/mol. The lowest BCUT2D eigenvalue weighted by atomic mass is 10.1. The first-order valence-electron chi connectivity index (χ1n) is 4.74. The number of thiazole rings is 1. The number of benzene rings is 1. The highest BCUT2D eigenvalue weighted by Crippen LogP contribution is 2.26. The van der Waals surface area contributed by atoms with E-state index in [1.165, 1.54) is 17.4 Å². The van der Waals surface area contributed by atoms with Crippen LogP contribution in [0, 0.1) is 5.82 Å². The van der Waals surface area contributed by atoms with Gasteiger partial charge in [-0.15, -0.1) is 11.3 Å². The maximum absolute atomic E-state index is 13.3. The van der Waals surface area contributed by atoms with E-state index in [9.17, 15) is 4.39 Å². The van der Waals surface area contributed by atoms with Crippen molar-refractivity contribution in [2.45, 2.75) is 6.04 Å². The summed E-state index contributed by atoms with van der Waals surface area (Å²) in [5, 5.41) is 6.04. The van der Waals surface area contributed by atoms with Gasteiger partial charge in [0.05, 0.1) is 11.1 Å². The molecule has 1 unspecified atom stereocenters. The molecule has 0 fully saturated rings. The molecule has 1 heterocycles. The number of hydrogen-bond donors (Lipinski definition) is 1. The normalized spacial score (nSPS) is 12.7. The molecule has 0 amide bonds. The Balaban J connectivity index is 2.37. The molecule has 0 radical (unpaired) electrons. The summed E-state index contributed by atoms with van der Waals surface area (Å²) < 4.78 is 13.3. The highest BCUT2D eigenvalue weighted by atomic mass is 35.5. The SMILES string of the molecule is CNC(c1ccc(Cl)c(F)c1)c1nccs1. The summed E-state index contributed by atoms with van der Waals surface area (Å²) in [4.78, 5) is 4.22. The maximum atomic E-state index is 13.3. The van der Waals surface area contributed by atoms with E-state index in [-0.39, 0.29) is 11.1 Å². The van der Waals surface area contributed by atoms with Crippen molar-refractivity contribution in [3.63, 3.8) is 0 Å². The second kappa shape index (κ2) is 4.91. The fourth-order valence-corrected chi connectivity index (χ4v) is 2.39. The number of rotatable bonds is 3. The first kappa shape index (κ1) is 11.5. The van der Waals surface area contributed by atoms with Gasteiger partial charge in [0.25, 0.3) is 0 Å². The minimum atomic E-state index is -0.407. The fraction of sp³-hybridized carbons (Fsp3) is 0.182. The highest BCUT2D eigenvalue weighted by Gasteiger charge is 2.15. The van der Waals surface area contributed by atoms with Gasteiger partial charge in [-0.05, 0) is 24.7 Å². The molecule has 2 nitrogen and oxygen atoms in total. The summed E-state index contributed by atoms with van der Waals surface area (Å²) in [6, 6.07) is 4.70. The molecule has 0 aliphatic carbocycles. The summed E-state index contributed by atoms with van der Waals surface area (Å²) in [7, 11) is 1.82. The Kier molecular flexibility index (Phi) is 3.53. The lowest BCUT2D eigenvalue weighted by Gasteiger charge is -2.14. The number of hydrogen-bond acceptors (Lipinski definition) is 3. The molecular weight excluding hydrogens is 247 g/mol. The van der Waals surface area contributed by atoms with Crippen molar-refractivity contribution < 1.29 is 4.39 Å². The Bertz CT molecular complexity index is 473. The molecular formula is C11H10ClFN2S. The van der Waals surface area contributed by atoms with Gasteiger partial charge >= 0.3 is 0 Å². The summed E-state index contributed by atoms with van der Waals surface area (Å²) in [6.45, 7) is 0. The van der Waals surface area contributed by atoms with Crippen LogP contribution in [0.1, 0.15) is 16.6 Å². The quantitative estimate of drug-likeness (QED) is 0.912. The van der Waals surface area contributed by atoms with Gasteiger partial charge in [0, 0.05) is 11.6 Å². The standard InChI is InChI=1S/C11H10ClFN2S/c1-14-10(11-15-4-5-16-11)7-2-3-8(12)9(13)6-7/h2-6,10,14H,1H3. The smallest absolute Gasteiger partial charge is 0.142 e. The molecule has 2 rings (SSSR count). The first-order chi connectivity index (χ1) is 7.72. The van der Waals surface area contributed by atoms with Crippen molar-refractivity contribution in [3.8, 4) is 0 Å². The zero-order valence-corrected chi connectivity index (χ0v) is 10.1. The van der Waals surface area contributed by atoms with Crippen molar-refractivity contribution in [2.24, 2.45) is 0 Å². The molecule has 0 bridgehead atoms. The van der Waals surface area contributed by atoms with Crippen molar-refractivity contribution >= 4 is 22.9 Å². The van der Waals surface area contributed by atoms with Crippen molar-refractivity contribution in [1.29, 1.82) is 0 Å². The van der Waals surface area contributed by atoms with E-state index < -0.39 is 5.82 Å². The summed E-state index contributed by atoms with van der Waals surface area (Å²) in [5.41, 5.74) is 0.819. The molecule has 84 valence electrons. The Morgan fingerprint density at radius 1 is 1.50 bits per heavy atom. The van der Waals surface area contributed by atoms with E-state index in [1.807, 2.05) is 12.4 Å². The van der Waals surface area contributed by atoms with Gasteiger partial charge in [-0.3, -0.25) is 0 Å². The van der Waals surface area contributed by atoms with Crippen LogP contribution in [0.15, 0.2) is 29.8 Å². The van der Waals surface area contributed by atoms with Crippen LogP contribution in [-0.2, 0) is 0 Å². The minimum absolute atomic E-state index is 0.0910. The van der Waals surface area contributed by atoms with Gasteiger partial charge in [-0.2, -0.15) is 0 Å². The lowest BCUT2D eigenvalue weighted by molar-refractivity contribution is 0.616. The van der Waals surface area contributed by atoms with Crippen molar-refractivity contribution in [2.75, 3.05) is 7.05 Å². The second-order valence-electron chi connectivity index (χ2n) is 3.27. The summed E-state index contributed by atoms with van der Waals surface area (Å²) in [5.74, 6) is -0.407. The van der Waals surface area contributed by atoms with Crippen LogP contribution in [0.2, 0.25) is 5.02 Å². The van der Waals surface area contributed by atoms with Crippen molar-refractivity contribution in [3.05, 3.63) is 51.2 Å². The van der Waals surface area contributed by atoms with Crippen LogP contribution in [-0.4, -0.2) is 12.0 Å². The third-order valence-corrected chi connectivity index (χ3v) is 3.41. The van der Waals surface area contributed by atoms with Gasteiger partial charge in [0.1, 0.15) is 10.8 Å². The van der Waals surface area contributed by atoms with Crippen LogP contribution in [0.3, 0.4) is 0 Å². The fourth-order valence-electron chi connectivity index (χ4n) is 1.50. The number of nitrogens with one attached hydrogen (secondary N) is 1. The Hall–Kier alpha value is -0.970. The van der Waals surface area contributed by atoms with E-state index in [1.54, 1.807) is 18.3 Å². The third kappa shape index (κ3) is 2.24. The molecule has 0 saturated carbocycles. The lowest BCUT2D eigenvalue weighted by Crippen LogP contribution is -2.17. The zero-order chi connectivity index (χ0) is 11.5. The Morgan fingerprint density at radius 3 is 2.88 bits per heavy atom. The molecule has 0 aliphatic rings. The predicted octanol–water partition coefficient (Wildman–Crippen LogP) is 3.24. The van der Waals surface area contributed by atoms with Gasteiger partial charge in [0.2, 0.25) is 0 Å². The summed E-state index contributed by atoms with van der Waals surface area (Å²) >= 11 is 7.18. The molecule has 1 N–H and O–H groups in total. The molecule has 1 aromatic carbocycles. The van der Waals surface area contributed by atoms with E-state index in [0.717, 1.165) is 10.6 Å². The molecule has 2 aromatic rings. The average molecular weight is 257 g/mol. The zero-order valence-electron chi connectivity index (χ0n) is 8.58. The Morgan fingerprint density at radius 2 is 2.31 bits per heavy atom. The van der Waals surface area contributed by atoms with Gasteiger partial charge < -0.3 is 5.32 Å². The van der Waals surface area contributed by atoms with Crippen LogP contribution in [0.5, 0.6) is 0 Å². The average Bonchev–Trinajstić information content (AvgIpc) is 2.78. The highest BCUT2D eigenvalue weighted by molar-refractivity contribution is 7.09. The van der Waals surface area contributed by atoms with Gasteiger partial charge in [-0.25, -0.2) is 9.37 Å². The maximum Gasteiger partial charge on any atom is 0.142 e. The molecule has 0 spiro atoms. The molecule has 1 atom stereocenters. The molecule has 5 heteroatoms. The van der Waals surface area contributed by atoms with Crippen molar-refractivity contribution in [1.82, 2.24) is 10.3 Å². The van der Waals surface area contributed by atoms with Gasteiger partial charge in [-0.1, -0.05) is 17.7 Å². The molecule has 0 aliphatic heterocycles. The predicted molar refractivity (Wildman–Crippen MR) is 64.4 cm³/mol. The minimum Gasteiger partial charge on any atom is -0.307 e. The molecule has 0 saturated heterocycles. The third-order valence-electron chi connectivity index (χ3n) is 2.26. The largest absolute Gasteiger partial charge is 0.307 e. The van der Waals surface area contributed by atoms with Crippen LogP contribution >= 0.6 is 22.9 Å². The van der Waals surface area contributed by atoms with E-state index in [4.69, 9.17) is 11.6 Å². The van der Waals surface area contributed by atoms with Crippen LogP contribution in [0.25, 0.3) is 0 Å². The topological polar surface area (TPSA) is 24.9 Å².